The molecule has 0 aliphatic heterocycles. The van der Waals surface area contributed by atoms with Crippen molar-refractivity contribution >= 4 is 17.2 Å². The number of hydrogen-bond donors (Lipinski definition) is 0. The highest BCUT2D eigenvalue weighted by Gasteiger charge is 2.43. The van der Waals surface area contributed by atoms with Crippen LogP contribution in [0.2, 0.25) is 5.02 Å². The quantitative estimate of drug-likeness (QED) is 0.288. The Hall–Kier alpha value is -3.89. The van der Waals surface area contributed by atoms with Gasteiger partial charge in [-0.3, -0.25) is 4.68 Å². The molecule has 1 aliphatic rings. The third kappa shape index (κ3) is 3.30. The summed E-state index contributed by atoms with van der Waals surface area (Å²) in [4.78, 5) is 4.33. The van der Waals surface area contributed by atoms with Crippen LogP contribution in [-0.2, 0) is 5.54 Å². The molecule has 166 valence electrons. The standard InChI is InChI=1S/C29H23ClN4/c30-27-18-22(20-33-17-16-31-28(27)33)23-19-32-34(21-23)29(24-10-4-1-5-11-24,25-12-6-2-7-13-25)26-14-8-3-9-15-26/h1-14,16-21,26H,15H2. The maximum Gasteiger partial charge on any atom is 0.155 e. The number of halogens is 1. The number of allylic oxidation sites excluding steroid dienone is 4. The van der Waals surface area contributed by atoms with E-state index >= 15 is 0 Å². The van der Waals surface area contributed by atoms with Gasteiger partial charge in [0.15, 0.2) is 5.65 Å². The first-order chi connectivity index (χ1) is 16.8. The number of fused-ring (bicyclic) bond motifs is 1. The van der Waals surface area contributed by atoms with Gasteiger partial charge in [0.2, 0.25) is 0 Å². The van der Waals surface area contributed by atoms with E-state index in [0.717, 1.165) is 23.2 Å². The van der Waals surface area contributed by atoms with Gasteiger partial charge < -0.3 is 4.40 Å². The highest BCUT2D eigenvalue weighted by Crippen LogP contribution is 2.44. The molecule has 0 N–H and O–H groups in total. The molecule has 0 radical (unpaired) electrons. The van der Waals surface area contributed by atoms with Gasteiger partial charge in [-0.1, -0.05) is 96.6 Å². The Morgan fingerprint density at radius 1 is 0.882 bits per heavy atom. The summed E-state index contributed by atoms with van der Waals surface area (Å²) in [6.45, 7) is 0. The third-order valence-electron chi connectivity index (χ3n) is 6.66. The smallest absolute Gasteiger partial charge is 0.155 e. The molecule has 0 fully saturated rings. The fourth-order valence-electron chi connectivity index (χ4n) is 5.12. The summed E-state index contributed by atoms with van der Waals surface area (Å²) in [7, 11) is 0. The molecule has 1 atom stereocenters. The first-order valence-corrected chi connectivity index (χ1v) is 11.8. The number of pyridine rings is 1. The van der Waals surface area contributed by atoms with Crippen molar-refractivity contribution < 1.29 is 0 Å². The molecule has 34 heavy (non-hydrogen) atoms. The van der Waals surface area contributed by atoms with E-state index in [-0.39, 0.29) is 5.92 Å². The lowest BCUT2D eigenvalue weighted by Gasteiger charge is -2.41. The number of nitrogens with zero attached hydrogens (tertiary/aromatic N) is 4. The molecule has 0 bridgehead atoms. The van der Waals surface area contributed by atoms with Crippen molar-refractivity contribution in [2.75, 3.05) is 0 Å². The van der Waals surface area contributed by atoms with Crippen LogP contribution in [0.25, 0.3) is 16.8 Å². The lowest BCUT2D eigenvalue weighted by molar-refractivity contribution is 0.293. The van der Waals surface area contributed by atoms with Gasteiger partial charge in [-0.2, -0.15) is 5.10 Å². The molecule has 0 saturated carbocycles. The van der Waals surface area contributed by atoms with E-state index in [9.17, 15) is 0 Å². The van der Waals surface area contributed by atoms with Crippen molar-refractivity contribution in [3.05, 3.63) is 138 Å². The monoisotopic (exact) mass is 462 g/mol. The zero-order chi connectivity index (χ0) is 23.0. The molecule has 6 rings (SSSR count). The van der Waals surface area contributed by atoms with Crippen LogP contribution in [0, 0.1) is 5.92 Å². The maximum atomic E-state index is 6.54. The van der Waals surface area contributed by atoms with Crippen LogP contribution >= 0.6 is 11.6 Å². The first kappa shape index (κ1) is 20.7. The molecule has 1 aliphatic carbocycles. The van der Waals surface area contributed by atoms with Gasteiger partial charge in [0.1, 0.15) is 5.54 Å². The fourth-order valence-corrected chi connectivity index (χ4v) is 5.38. The SMILES string of the molecule is Clc1cc(-c2cnn(C(c3ccccc3)(c3ccccc3)C3C=CC=CC3)c2)cn2ccnc12. The average Bonchev–Trinajstić information content (AvgIpc) is 3.57. The Kier molecular flexibility index (Phi) is 5.16. The molecule has 3 aromatic heterocycles. The molecule has 4 nitrogen and oxygen atoms in total. The van der Waals surface area contributed by atoms with Gasteiger partial charge in [0.05, 0.1) is 11.2 Å². The number of rotatable bonds is 5. The van der Waals surface area contributed by atoms with Gasteiger partial charge >= 0.3 is 0 Å². The molecule has 0 spiro atoms. The number of benzene rings is 2. The molecule has 1 unspecified atom stereocenters. The zero-order valence-corrected chi connectivity index (χ0v) is 19.3. The van der Waals surface area contributed by atoms with Gasteiger partial charge in [-0.15, -0.1) is 0 Å². The average molecular weight is 463 g/mol. The molecule has 3 heterocycles. The van der Waals surface area contributed by atoms with E-state index in [1.807, 2.05) is 29.1 Å². The molecule has 0 saturated heterocycles. The van der Waals surface area contributed by atoms with Crippen molar-refractivity contribution in [2.45, 2.75) is 12.0 Å². The van der Waals surface area contributed by atoms with E-state index in [4.69, 9.17) is 16.7 Å². The molecular weight excluding hydrogens is 440 g/mol. The topological polar surface area (TPSA) is 35.1 Å². The Bertz CT molecular complexity index is 1460. The Labute approximate surface area is 203 Å². The Balaban J connectivity index is 1.59. The zero-order valence-electron chi connectivity index (χ0n) is 18.5. The van der Waals surface area contributed by atoms with Crippen LogP contribution in [0.15, 0.2) is 122 Å². The largest absolute Gasteiger partial charge is 0.305 e. The summed E-state index contributed by atoms with van der Waals surface area (Å²) in [5.41, 5.74) is 4.64. The fraction of sp³-hybridized carbons (Fsp3) is 0.103. The minimum absolute atomic E-state index is 0.190. The van der Waals surface area contributed by atoms with Crippen molar-refractivity contribution in [3.63, 3.8) is 0 Å². The van der Waals surface area contributed by atoms with Crippen LogP contribution < -0.4 is 0 Å². The molecule has 0 amide bonds. The lowest BCUT2D eigenvalue weighted by Crippen LogP contribution is -2.43. The van der Waals surface area contributed by atoms with Gasteiger partial charge in [-0.05, 0) is 23.6 Å². The maximum absolute atomic E-state index is 6.54. The first-order valence-electron chi connectivity index (χ1n) is 11.4. The summed E-state index contributed by atoms with van der Waals surface area (Å²) in [5.74, 6) is 0.190. The Morgan fingerprint density at radius 2 is 1.62 bits per heavy atom. The van der Waals surface area contributed by atoms with Gasteiger partial charge in [-0.25, -0.2) is 4.98 Å². The number of hydrogen-bond acceptors (Lipinski definition) is 2. The van der Waals surface area contributed by atoms with Crippen molar-refractivity contribution in [3.8, 4) is 11.1 Å². The van der Waals surface area contributed by atoms with E-state index in [0.29, 0.717) is 5.02 Å². The van der Waals surface area contributed by atoms with Crippen LogP contribution in [0.3, 0.4) is 0 Å². The van der Waals surface area contributed by atoms with Crippen LogP contribution in [-0.4, -0.2) is 19.2 Å². The molecular formula is C29H23ClN4. The van der Waals surface area contributed by atoms with E-state index in [2.05, 4.69) is 101 Å². The van der Waals surface area contributed by atoms with Crippen LogP contribution in [0.1, 0.15) is 17.5 Å². The van der Waals surface area contributed by atoms with Crippen LogP contribution in [0.4, 0.5) is 0 Å². The minimum Gasteiger partial charge on any atom is -0.305 e. The van der Waals surface area contributed by atoms with E-state index < -0.39 is 5.54 Å². The third-order valence-corrected chi connectivity index (χ3v) is 6.94. The number of imidazole rings is 1. The summed E-state index contributed by atoms with van der Waals surface area (Å²) < 4.78 is 4.08. The Morgan fingerprint density at radius 3 is 2.29 bits per heavy atom. The van der Waals surface area contributed by atoms with Crippen LogP contribution in [0.5, 0.6) is 0 Å². The molecule has 2 aromatic carbocycles. The second-order valence-corrected chi connectivity index (χ2v) is 8.97. The summed E-state index contributed by atoms with van der Waals surface area (Å²) in [6, 6.07) is 23.3. The highest BCUT2D eigenvalue weighted by molar-refractivity contribution is 6.33. The lowest BCUT2D eigenvalue weighted by atomic mass is 9.70. The summed E-state index contributed by atoms with van der Waals surface area (Å²) >= 11 is 6.54. The predicted molar refractivity (Wildman–Crippen MR) is 137 cm³/mol. The highest BCUT2D eigenvalue weighted by atomic mass is 35.5. The number of aromatic nitrogens is 4. The molecule has 5 aromatic rings. The van der Waals surface area contributed by atoms with Gasteiger partial charge in [0.25, 0.3) is 0 Å². The normalized spacial score (nSPS) is 15.7. The second-order valence-electron chi connectivity index (χ2n) is 8.56. The van der Waals surface area contributed by atoms with Crippen molar-refractivity contribution in [1.82, 2.24) is 19.2 Å². The minimum atomic E-state index is -0.509. The predicted octanol–water partition coefficient (Wildman–Crippen LogP) is 6.78. The summed E-state index contributed by atoms with van der Waals surface area (Å²) in [6.07, 6.45) is 19.5. The van der Waals surface area contributed by atoms with E-state index in [1.165, 1.54) is 11.1 Å². The van der Waals surface area contributed by atoms with Crippen molar-refractivity contribution in [2.24, 2.45) is 5.92 Å². The van der Waals surface area contributed by atoms with E-state index in [1.54, 1.807) is 6.20 Å². The van der Waals surface area contributed by atoms with Crippen molar-refractivity contribution in [1.29, 1.82) is 0 Å². The summed E-state index contributed by atoms with van der Waals surface area (Å²) in [5, 5.41) is 5.60. The van der Waals surface area contributed by atoms with Gasteiger partial charge in [0, 0.05) is 41.8 Å². The molecule has 5 heteroatoms. The second kappa shape index (κ2) is 8.47.